The Morgan fingerprint density at radius 1 is 0.650 bits per heavy atom. The molecule has 0 aromatic rings. The number of esters is 2. The highest BCUT2D eigenvalue weighted by molar-refractivity contribution is 6.63. The fraction of sp³-hybridized carbons (Fsp3) is 0.667. The van der Waals surface area contributed by atoms with Crippen molar-refractivity contribution in [2.24, 2.45) is 0 Å². The third-order valence-electron chi connectivity index (χ3n) is 2.09. The molecule has 0 rings (SSSR count). The first-order chi connectivity index (χ1) is 9.41. The van der Waals surface area contributed by atoms with Crippen LogP contribution >= 0.6 is 23.2 Å². The van der Waals surface area contributed by atoms with Crippen LogP contribution in [0.4, 0.5) is 0 Å². The maximum atomic E-state index is 11.2. The van der Waals surface area contributed by atoms with E-state index in [1.54, 1.807) is 0 Å². The van der Waals surface area contributed by atoms with Crippen molar-refractivity contribution < 1.29 is 28.7 Å². The number of rotatable bonds is 11. The van der Waals surface area contributed by atoms with Crippen LogP contribution < -0.4 is 0 Å². The van der Waals surface area contributed by atoms with Gasteiger partial charge in [-0.2, -0.15) is 0 Å². The van der Waals surface area contributed by atoms with E-state index in [-0.39, 0.29) is 38.9 Å². The first-order valence-corrected chi connectivity index (χ1v) is 6.85. The SMILES string of the molecule is O=C(Cl)CCCOC(=O)CCC(=O)OCCCC(=O)Cl. The van der Waals surface area contributed by atoms with Gasteiger partial charge in [0.25, 0.3) is 0 Å². The zero-order valence-corrected chi connectivity index (χ0v) is 12.4. The summed E-state index contributed by atoms with van der Waals surface area (Å²) >= 11 is 10.2. The molecular formula is C12H16Cl2O6. The molecule has 0 atom stereocenters. The van der Waals surface area contributed by atoms with Crippen molar-refractivity contribution in [3.05, 3.63) is 0 Å². The van der Waals surface area contributed by atoms with E-state index >= 15 is 0 Å². The van der Waals surface area contributed by atoms with Crippen LogP contribution in [0.25, 0.3) is 0 Å². The Labute approximate surface area is 126 Å². The van der Waals surface area contributed by atoms with Crippen LogP contribution in [0.1, 0.15) is 38.5 Å². The molecule has 0 aliphatic heterocycles. The van der Waals surface area contributed by atoms with Crippen LogP contribution in [-0.2, 0) is 28.7 Å². The highest BCUT2D eigenvalue weighted by Crippen LogP contribution is 2.01. The molecule has 20 heavy (non-hydrogen) atoms. The summed E-state index contributed by atoms with van der Waals surface area (Å²) in [6.45, 7) is 0.175. The third-order valence-corrected chi connectivity index (χ3v) is 2.47. The Morgan fingerprint density at radius 2 is 1.00 bits per heavy atom. The molecule has 0 heterocycles. The number of hydrogen-bond acceptors (Lipinski definition) is 6. The molecule has 0 aliphatic rings. The molecule has 114 valence electrons. The second-order valence-electron chi connectivity index (χ2n) is 3.86. The summed E-state index contributed by atoms with van der Waals surface area (Å²) in [6.07, 6.45) is 0.784. The topological polar surface area (TPSA) is 86.7 Å². The van der Waals surface area contributed by atoms with Gasteiger partial charge < -0.3 is 9.47 Å². The van der Waals surface area contributed by atoms with Gasteiger partial charge in [-0.1, -0.05) is 0 Å². The zero-order chi connectivity index (χ0) is 15.4. The lowest BCUT2D eigenvalue weighted by atomic mass is 10.3. The van der Waals surface area contributed by atoms with Gasteiger partial charge in [-0.3, -0.25) is 19.2 Å². The van der Waals surface area contributed by atoms with Crippen molar-refractivity contribution in [2.75, 3.05) is 13.2 Å². The molecule has 0 spiro atoms. The van der Waals surface area contributed by atoms with Gasteiger partial charge in [-0.05, 0) is 36.0 Å². The van der Waals surface area contributed by atoms with Crippen LogP contribution in [0.2, 0.25) is 0 Å². The summed E-state index contributed by atoms with van der Waals surface area (Å²) in [4.78, 5) is 43.2. The minimum absolute atomic E-state index is 0.0875. The van der Waals surface area contributed by atoms with E-state index in [9.17, 15) is 19.2 Å². The first-order valence-electron chi connectivity index (χ1n) is 6.09. The fourth-order valence-electron chi connectivity index (χ4n) is 1.14. The number of halogens is 2. The van der Waals surface area contributed by atoms with E-state index in [1.165, 1.54) is 0 Å². The van der Waals surface area contributed by atoms with Gasteiger partial charge in [-0.15, -0.1) is 0 Å². The molecule has 8 heteroatoms. The molecule has 0 aliphatic carbocycles. The molecule has 0 amide bonds. The normalized spacial score (nSPS) is 9.90. The molecule has 6 nitrogen and oxygen atoms in total. The van der Waals surface area contributed by atoms with Crippen LogP contribution in [0.15, 0.2) is 0 Å². The Morgan fingerprint density at radius 3 is 1.30 bits per heavy atom. The minimum Gasteiger partial charge on any atom is -0.466 e. The average molecular weight is 327 g/mol. The number of ether oxygens (including phenoxy) is 2. The van der Waals surface area contributed by atoms with E-state index in [2.05, 4.69) is 0 Å². The summed E-state index contributed by atoms with van der Waals surface area (Å²) in [6, 6.07) is 0. The second kappa shape index (κ2) is 11.7. The highest BCUT2D eigenvalue weighted by Gasteiger charge is 2.09. The Balaban J connectivity index is 3.50. The third kappa shape index (κ3) is 13.3. The summed E-state index contributed by atoms with van der Waals surface area (Å²) in [5.74, 6) is -1.08. The van der Waals surface area contributed by atoms with Crippen molar-refractivity contribution >= 4 is 45.6 Å². The lowest BCUT2D eigenvalue weighted by molar-refractivity contribution is -0.150. The van der Waals surface area contributed by atoms with E-state index in [1.807, 2.05) is 0 Å². The maximum absolute atomic E-state index is 11.2. The van der Waals surface area contributed by atoms with Gasteiger partial charge in [-0.25, -0.2) is 0 Å². The van der Waals surface area contributed by atoms with Crippen molar-refractivity contribution in [1.29, 1.82) is 0 Å². The van der Waals surface area contributed by atoms with Gasteiger partial charge in [0.2, 0.25) is 10.5 Å². The molecule has 0 N–H and O–H groups in total. The van der Waals surface area contributed by atoms with E-state index in [4.69, 9.17) is 32.7 Å². The maximum Gasteiger partial charge on any atom is 0.306 e. The Kier molecular flexibility index (Phi) is 11.0. The van der Waals surface area contributed by atoms with Crippen molar-refractivity contribution in [3.63, 3.8) is 0 Å². The van der Waals surface area contributed by atoms with Crippen molar-refractivity contribution in [1.82, 2.24) is 0 Å². The number of carbonyl (C=O) groups excluding carboxylic acids is 4. The Hall–Kier alpha value is -1.14. The van der Waals surface area contributed by atoms with Gasteiger partial charge in [0.15, 0.2) is 0 Å². The largest absolute Gasteiger partial charge is 0.466 e. The number of carbonyl (C=O) groups is 4. The molecule has 0 unspecified atom stereocenters. The van der Waals surface area contributed by atoms with E-state index in [0.29, 0.717) is 12.8 Å². The summed E-state index contributed by atoms with van der Waals surface area (Å²) in [7, 11) is 0. The summed E-state index contributed by atoms with van der Waals surface area (Å²) in [5, 5.41) is -0.972. The number of hydrogen-bond donors (Lipinski definition) is 0. The molecule has 0 saturated heterocycles. The summed E-state index contributed by atoms with van der Waals surface area (Å²) < 4.78 is 9.56. The molecule has 0 aromatic heterocycles. The Bertz CT molecular complexity index is 322. The molecule has 0 saturated carbocycles. The monoisotopic (exact) mass is 326 g/mol. The zero-order valence-electron chi connectivity index (χ0n) is 10.9. The van der Waals surface area contributed by atoms with Gasteiger partial charge in [0.1, 0.15) is 0 Å². The standard InChI is InChI=1S/C12H16Cl2O6/c13-9(15)3-1-7-19-11(17)5-6-12(18)20-8-2-4-10(14)16/h1-8H2. The molecule has 0 fully saturated rings. The van der Waals surface area contributed by atoms with Crippen LogP contribution in [0, 0.1) is 0 Å². The van der Waals surface area contributed by atoms with E-state index in [0.717, 1.165) is 0 Å². The van der Waals surface area contributed by atoms with Gasteiger partial charge in [0, 0.05) is 12.8 Å². The fourth-order valence-corrected chi connectivity index (χ4v) is 1.41. The smallest absolute Gasteiger partial charge is 0.306 e. The van der Waals surface area contributed by atoms with Crippen LogP contribution in [0.5, 0.6) is 0 Å². The quantitative estimate of drug-likeness (QED) is 0.327. The molecular weight excluding hydrogens is 311 g/mol. The van der Waals surface area contributed by atoms with Crippen LogP contribution in [0.3, 0.4) is 0 Å². The van der Waals surface area contributed by atoms with Crippen LogP contribution in [-0.4, -0.2) is 35.6 Å². The highest BCUT2D eigenvalue weighted by atomic mass is 35.5. The van der Waals surface area contributed by atoms with Gasteiger partial charge in [0.05, 0.1) is 26.1 Å². The summed E-state index contributed by atoms with van der Waals surface area (Å²) in [5.41, 5.74) is 0. The van der Waals surface area contributed by atoms with Crippen molar-refractivity contribution in [3.8, 4) is 0 Å². The lowest BCUT2D eigenvalue weighted by Crippen LogP contribution is -2.12. The first kappa shape index (κ1) is 18.9. The van der Waals surface area contributed by atoms with Crippen molar-refractivity contribution in [2.45, 2.75) is 38.5 Å². The molecule has 0 radical (unpaired) electrons. The lowest BCUT2D eigenvalue weighted by Gasteiger charge is -2.05. The second-order valence-corrected chi connectivity index (χ2v) is 4.70. The van der Waals surface area contributed by atoms with E-state index < -0.39 is 22.4 Å². The minimum atomic E-state index is -0.542. The molecule has 0 bridgehead atoms. The molecule has 0 aromatic carbocycles. The predicted octanol–water partition coefficient (Wildman–Crippen LogP) is 1.94. The average Bonchev–Trinajstić information content (AvgIpc) is 2.37. The van der Waals surface area contributed by atoms with Gasteiger partial charge >= 0.3 is 11.9 Å². The predicted molar refractivity (Wildman–Crippen MR) is 71.3 cm³/mol.